The van der Waals surface area contributed by atoms with Gasteiger partial charge < -0.3 is 9.84 Å². The van der Waals surface area contributed by atoms with E-state index in [4.69, 9.17) is 4.74 Å². The Kier molecular flexibility index (Phi) is 6.87. The number of hydrogen-bond acceptors (Lipinski definition) is 5. The molecule has 2 N–H and O–H groups in total. The maximum absolute atomic E-state index is 10.1. The van der Waals surface area contributed by atoms with Crippen molar-refractivity contribution in [3.05, 3.63) is 89.5 Å². The Labute approximate surface area is 215 Å². The fraction of sp³-hybridized carbons (Fsp3) is 0.200. The summed E-state index contributed by atoms with van der Waals surface area (Å²) < 4.78 is 7.51. The molecule has 0 bridgehead atoms. The summed E-state index contributed by atoms with van der Waals surface area (Å²) in [5, 5.41) is 18.3. The van der Waals surface area contributed by atoms with Gasteiger partial charge in [-0.1, -0.05) is 63.2 Å². The normalized spacial score (nSPS) is 11.7. The average molecular weight is 496 g/mol. The zero-order valence-electron chi connectivity index (χ0n) is 20.7. The molecule has 2 heterocycles. The van der Waals surface area contributed by atoms with Gasteiger partial charge in [-0.15, -0.1) is 11.3 Å². The molecular weight excluding hydrogens is 466 g/mol. The molecule has 0 unspecified atom stereocenters. The first-order chi connectivity index (χ1) is 17.5. The van der Waals surface area contributed by atoms with E-state index in [2.05, 4.69) is 60.2 Å². The molecule has 182 valence electrons. The van der Waals surface area contributed by atoms with Crippen molar-refractivity contribution < 1.29 is 9.84 Å². The third kappa shape index (κ3) is 5.04. The molecule has 0 saturated heterocycles. The van der Waals surface area contributed by atoms with Crippen molar-refractivity contribution in [3.63, 3.8) is 0 Å². The van der Waals surface area contributed by atoms with Gasteiger partial charge in [0.25, 0.3) is 0 Å². The van der Waals surface area contributed by atoms with Crippen molar-refractivity contribution in [3.8, 4) is 27.7 Å². The summed E-state index contributed by atoms with van der Waals surface area (Å²) in [6, 6.07) is 21.9. The molecule has 0 aliphatic heterocycles. The monoisotopic (exact) mass is 495 g/mol. The molecule has 0 aliphatic rings. The van der Waals surface area contributed by atoms with E-state index < -0.39 is 0 Å². The van der Waals surface area contributed by atoms with Gasteiger partial charge in [0.05, 0.1) is 4.88 Å². The van der Waals surface area contributed by atoms with E-state index >= 15 is 0 Å². The summed E-state index contributed by atoms with van der Waals surface area (Å²) >= 11 is 1.64. The zero-order valence-corrected chi connectivity index (χ0v) is 21.5. The minimum atomic E-state index is 0.253. The highest BCUT2D eigenvalue weighted by Crippen LogP contribution is 2.48. The van der Waals surface area contributed by atoms with Crippen LogP contribution in [0.4, 0.5) is 0 Å². The number of nitrogens with one attached hydrogen (secondary N) is 1. The molecular formula is C30H29N3O2S. The lowest BCUT2D eigenvalue weighted by molar-refractivity contribution is 0.476. The topological polar surface area (TPSA) is 71.0 Å². The predicted molar refractivity (Wildman–Crippen MR) is 149 cm³/mol. The van der Waals surface area contributed by atoms with Crippen molar-refractivity contribution in [1.82, 2.24) is 15.2 Å². The Hall–Kier alpha value is -3.90. The van der Waals surface area contributed by atoms with Gasteiger partial charge in [-0.2, -0.15) is 5.10 Å². The molecule has 0 radical (unpaired) electrons. The van der Waals surface area contributed by atoms with Gasteiger partial charge in [0, 0.05) is 16.5 Å². The highest BCUT2D eigenvalue weighted by atomic mass is 32.1. The Morgan fingerprint density at radius 2 is 1.83 bits per heavy atom. The van der Waals surface area contributed by atoms with Gasteiger partial charge in [0.2, 0.25) is 0 Å². The molecule has 36 heavy (non-hydrogen) atoms. The lowest BCUT2D eigenvalue weighted by atomic mass is 9.96. The number of thiophene rings is 1. The fourth-order valence-electron chi connectivity index (χ4n) is 4.22. The van der Waals surface area contributed by atoms with Crippen molar-refractivity contribution in [2.75, 3.05) is 0 Å². The van der Waals surface area contributed by atoms with Gasteiger partial charge in [-0.3, -0.25) is 5.10 Å². The van der Waals surface area contributed by atoms with Crippen LogP contribution < -0.4 is 4.74 Å². The summed E-state index contributed by atoms with van der Waals surface area (Å²) in [5.41, 5.74) is 3.47. The minimum Gasteiger partial charge on any atom is -0.508 e. The predicted octanol–water partition coefficient (Wildman–Crippen LogP) is 8.43. The highest BCUT2D eigenvalue weighted by Gasteiger charge is 2.20. The number of fused-ring (bicyclic) bond motifs is 1. The van der Waals surface area contributed by atoms with Crippen molar-refractivity contribution >= 4 is 33.6 Å². The Morgan fingerprint density at radius 1 is 1.03 bits per heavy atom. The van der Waals surface area contributed by atoms with Crippen LogP contribution in [-0.4, -0.2) is 20.3 Å². The summed E-state index contributed by atoms with van der Waals surface area (Å²) in [7, 11) is 0. The number of aromatic hydroxyl groups is 1. The van der Waals surface area contributed by atoms with Crippen molar-refractivity contribution in [2.24, 2.45) is 0 Å². The maximum atomic E-state index is 10.1. The average Bonchev–Trinajstić information content (AvgIpc) is 3.48. The van der Waals surface area contributed by atoms with Gasteiger partial charge in [0.1, 0.15) is 17.3 Å². The van der Waals surface area contributed by atoms with Crippen LogP contribution in [0, 0.1) is 0 Å². The first kappa shape index (κ1) is 23.8. The number of benzene rings is 3. The van der Waals surface area contributed by atoms with E-state index in [1.54, 1.807) is 23.5 Å². The van der Waals surface area contributed by atoms with E-state index in [0.29, 0.717) is 11.7 Å². The standard InChI is InChI=1S/C30H29N3O2S/c1-4-7-27-31-28(33-32-27)17-12-20-10-14-22(15-11-20)35-29-25-16-13-21(34)18-26(25)36-30(29)24-9-6-5-8-23(24)19(2)3/h5-6,8-19,34H,4,7H2,1-3H3,(H,31,32,33)/b17-12+. The van der Waals surface area contributed by atoms with Gasteiger partial charge in [-0.05, 0) is 65.4 Å². The number of phenols is 1. The molecule has 0 aliphatic carbocycles. The number of rotatable bonds is 8. The quantitative estimate of drug-likeness (QED) is 0.227. The van der Waals surface area contributed by atoms with E-state index in [1.165, 1.54) is 5.56 Å². The van der Waals surface area contributed by atoms with E-state index in [0.717, 1.165) is 56.3 Å². The first-order valence-electron chi connectivity index (χ1n) is 12.2. The second-order valence-electron chi connectivity index (χ2n) is 9.08. The number of aromatic amines is 1. The molecule has 6 heteroatoms. The summed E-state index contributed by atoms with van der Waals surface area (Å²) in [4.78, 5) is 5.55. The second-order valence-corrected chi connectivity index (χ2v) is 10.1. The van der Waals surface area contributed by atoms with Crippen LogP contribution in [0.5, 0.6) is 17.2 Å². The highest BCUT2D eigenvalue weighted by molar-refractivity contribution is 7.22. The largest absolute Gasteiger partial charge is 0.508 e. The third-order valence-electron chi connectivity index (χ3n) is 6.02. The number of nitrogens with zero attached hydrogens (tertiary/aromatic N) is 2. The third-order valence-corrected chi connectivity index (χ3v) is 7.18. The number of phenolic OH excluding ortho intramolecular Hbond substituents is 1. The summed E-state index contributed by atoms with van der Waals surface area (Å²) in [6.07, 6.45) is 5.83. The van der Waals surface area contributed by atoms with E-state index in [-0.39, 0.29) is 5.75 Å². The van der Waals surface area contributed by atoms with Crippen LogP contribution in [0.3, 0.4) is 0 Å². The summed E-state index contributed by atoms with van der Waals surface area (Å²) in [5.74, 6) is 3.79. The molecule has 5 nitrogen and oxygen atoms in total. The number of aryl methyl sites for hydroxylation is 1. The molecule has 0 amide bonds. The van der Waals surface area contributed by atoms with Gasteiger partial charge in [0.15, 0.2) is 11.6 Å². The van der Waals surface area contributed by atoms with Crippen LogP contribution in [0.1, 0.15) is 55.9 Å². The molecule has 0 atom stereocenters. The SMILES string of the molecule is CCCc1nc(/C=C/c2ccc(Oc3c(-c4ccccc4C(C)C)sc4cc(O)ccc34)cc2)n[nH]1. The molecule has 5 aromatic rings. The molecule has 0 fully saturated rings. The van der Waals surface area contributed by atoms with Gasteiger partial charge >= 0.3 is 0 Å². The zero-order chi connectivity index (χ0) is 25.1. The smallest absolute Gasteiger partial charge is 0.173 e. The number of H-pyrrole nitrogens is 1. The van der Waals surface area contributed by atoms with Crippen LogP contribution in [0.15, 0.2) is 66.7 Å². The molecule has 0 saturated carbocycles. The molecule has 2 aromatic heterocycles. The van der Waals surface area contributed by atoms with E-state index in [9.17, 15) is 5.11 Å². The first-order valence-corrected chi connectivity index (χ1v) is 13.1. The van der Waals surface area contributed by atoms with Crippen LogP contribution >= 0.6 is 11.3 Å². The van der Waals surface area contributed by atoms with Crippen LogP contribution in [-0.2, 0) is 6.42 Å². The number of ether oxygens (including phenoxy) is 1. The number of aromatic nitrogens is 3. The Morgan fingerprint density at radius 3 is 2.61 bits per heavy atom. The fourth-order valence-corrected chi connectivity index (χ4v) is 5.43. The van der Waals surface area contributed by atoms with Crippen LogP contribution in [0.2, 0.25) is 0 Å². The molecule has 5 rings (SSSR count). The second kappa shape index (κ2) is 10.4. The lowest BCUT2D eigenvalue weighted by Gasteiger charge is -2.14. The Bertz CT molecular complexity index is 1510. The van der Waals surface area contributed by atoms with Crippen LogP contribution in [0.25, 0.3) is 32.7 Å². The van der Waals surface area contributed by atoms with Crippen molar-refractivity contribution in [1.29, 1.82) is 0 Å². The van der Waals surface area contributed by atoms with Gasteiger partial charge in [-0.25, -0.2) is 4.98 Å². The maximum Gasteiger partial charge on any atom is 0.173 e. The lowest BCUT2D eigenvalue weighted by Crippen LogP contribution is -1.92. The Balaban J connectivity index is 1.46. The molecule has 0 spiro atoms. The van der Waals surface area contributed by atoms with Crippen molar-refractivity contribution in [2.45, 2.75) is 39.5 Å². The number of hydrogen-bond donors (Lipinski definition) is 2. The molecule has 3 aromatic carbocycles. The minimum absolute atomic E-state index is 0.253. The van der Waals surface area contributed by atoms with E-state index in [1.807, 2.05) is 42.5 Å². The summed E-state index contributed by atoms with van der Waals surface area (Å²) in [6.45, 7) is 6.53.